The Hall–Kier alpha value is -1.52. The van der Waals surface area contributed by atoms with Crippen molar-refractivity contribution in [2.75, 3.05) is 0 Å². The molecule has 0 saturated carbocycles. The van der Waals surface area contributed by atoms with Gasteiger partial charge in [0.15, 0.2) is 17.5 Å². The van der Waals surface area contributed by atoms with Crippen LogP contribution in [0.5, 0.6) is 0 Å². The Kier molecular flexibility index (Phi) is 4.76. The SMILES string of the molecule is Cl.NCc1ccccc1-c1cc(F)c(F)c(F)c1. The van der Waals surface area contributed by atoms with Crippen LogP contribution < -0.4 is 5.73 Å². The molecule has 0 unspecified atom stereocenters. The van der Waals surface area contributed by atoms with Gasteiger partial charge in [-0.25, -0.2) is 13.2 Å². The largest absolute Gasteiger partial charge is 0.326 e. The van der Waals surface area contributed by atoms with E-state index in [1.54, 1.807) is 24.3 Å². The monoisotopic (exact) mass is 273 g/mol. The third-order valence-electron chi connectivity index (χ3n) is 2.53. The number of halogens is 4. The first-order chi connectivity index (χ1) is 8.13. The highest BCUT2D eigenvalue weighted by atomic mass is 35.5. The van der Waals surface area contributed by atoms with Crippen LogP contribution in [-0.4, -0.2) is 0 Å². The van der Waals surface area contributed by atoms with E-state index < -0.39 is 17.5 Å². The molecule has 0 saturated heterocycles. The lowest BCUT2D eigenvalue weighted by Gasteiger charge is -2.08. The quantitative estimate of drug-likeness (QED) is 0.831. The number of rotatable bonds is 2. The average molecular weight is 274 g/mol. The summed E-state index contributed by atoms with van der Waals surface area (Å²) in [6.07, 6.45) is 0. The summed E-state index contributed by atoms with van der Waals surface area (Å²) in [6, 6.07) is 8.89. The second-order valence-electron chi connectivity index (χ2n) is 3.62. The zero-order valence-electron chi connectivity index (χ0n) is 9.29. The molecule has 0 aliphatic rings. The summed E-state index contributed by atoms with van der Waals surface area (Å²) in [7, 11) is 0. The highest BCUT2D eigenvalue weighted by molar-refractivity contribution is 5.85. The molecule has 18 heavy (non-hydrogen) atoms. The minimum absolute atomic E-state index is 0. The molecule has 0 spiro atoms. The molecule has 0 aromatic heterocycles. The second kappa shape index (κ2) is 5.89. The smallest absolute Gasteiger partial charge is 0.194 e. The first-order valence-electron chi connectivity index (χ1n) is 5.06. The van der Waals surface area contributed by atoms with Gasteiger partial charge in [0.2, 0.25) is 0 Å². The first-order valence-corrected chi connectivity index (χ1v) is 5.06. The number of benzene rings is 2. The Morgan fingerprint density at radius 2 is 1.50 bits per heavy atom. The normalized spacial score (nSPS) is 10.0. The molecular formula is C13H11ClF3N. The van der Waals surface area contributed by atoms with Crippen LogP contribution in [0.25, 0.3) is 11.1 Å². The van der Waals surface area contributed by atoms with Crippen LogP contribution in [0.15, 0.2) is 36.4 Å². The molecular weight excluding hydrogens is 263 g/mol. The number of hydrogen-bond donors (Lipinski definition) is 1. The van der Waals surface area contributed by atoms with Crippen LogP contribution >= 0.6 is 12.4 Å². The van der Waals surface area contributed by atoms with Crippen LogP contribution in [0.4, 0.5) is 13.2 Å². The lowest BCUT2D eigenvalue weighted by atomic mass is 9.99. The van der Waals surface area contributed by atoms with E-state index in [-0.39, 0.29) is 24.5 Å². The minimum atomic E-state index is -1.46. The fourth-order valence-corrected chi connectivity index (χ4v) is 1.69. The summed E-state index contributed by atoms with van der Waals surface area (Å²) in [5.74, 6) is -3.86. The van der Waals surface area contributed by atoms with E-state index in [0.717, 1.165) is 17.7 Å². The predicted octanol–water partition coefficient (Wildman–Crippen LogP) is 3.65. The molecule has 0 amide bonds. The van der Waals surface area contributed by atoms with Crippen LogP contribution in [0, 0.1) is 17.5 Å². The molecule has 0 atom stereocenters. The van der Waals surface area contributed by atoms with Gasteiger partial charge in [0.25, 0.3) is 0 Å². The molecule has 96 valence electrons. The summed E-state index contributed by atoms with van der Waals surface area (Å²) in [5.41, 5.74) is 7.16. The van der Waals surface area contributed by atoms with E-state index >= 15 is 0 Å². The molecule has 0 heterocycles. The molecule has 0 bridgehead atoms. The van der Waals surface area contributed by atoms with Crippen molar-refractivity contribution in [3.05, 3.63) is 59.4 Å². The van der Waals surface area contributed by atoms with E-state index in [1.807, 2.05) is 0 Å². The third-order valence-corrected chi connectivity index (χ3v) is 2.53. The number of nitrogens with two attached hydrogens (primary N) is 1. The van der Waals surface area contributed by atoms with Crippen LogP contribution in [0.2, 0.25) is 0 Å². The lowest BCUT2D eigenvalue weighted by molar-refractivity contribution is 0.447. The highest BCUT2D eigenvalue weighted by Crippen LogP contribution is 2.26. The summed E-state index contributed by atoms with van der Waals surface area (Å²) in [6.45, 7) is 0.247. The second-order valence-corrected chi connectivity index (χ2v) is 3.62. The Labute approximate surface area is 109 Å². The fourth-order valence-electron chi connectivity index (χ4n) is 1.69. The molecule has 0 aliphatic carbocycles. The fraction of sp³-hybridized carbons (Fsp3) is 0.0769. The van der Waals surface area contributed by atoms with Gasteiger partial charge in [-0.05, 0) is 28.8 Å². The highest BCUT2D eigenvalue weighted by Gasteiger charge is 2.12. The van der Waals surface area contributed by atoms with Crippen molar-refractivity contribution in [1.29, 1.82) is 0 Å². The topological polar surface area (TPSA) is 26.0 Å². The van der Waals surface area contributed by atoms with Gasteiger partial charge in [0.05, 0.1) is 0 Å². The van der Waals surface area contributed by atoms with Gasteiger partial charge in [-0.15, -0.1) is 12.4 Å². The Morgan fingerprint density at radius 1 is 0.944 bits per heavy atom. The van der Waals surface area contributed by atoms with Crippen molar-refractivity contribution in [2.24, 2.45) is 5.73 Å². The van der Waals surface area contributed by atoms with Crippen molar-refractivity contribution in [3.63, 3.8) is 0 Å². The maximum Gasteiger partial charge on any atom is 0.194 e. The summed E-state index contributed by atoms with van der Waals surface area (Å²) >= 11 is 0. The van der Waals surface area contributed by atoms with Crippen molar-refractivity contribution in [3.8, 4) is 11.1 Å². The predicted molar refractivity (Wildman–Crippen MR) is 66.9 cm³/mol. The Bertz CT molecular complexity index is 535. The molecule has 0 aliphatic heterocycles. The van der Waals surface area contributed by atoms with Crippen LogP contribution in [-0.2, 0) is 6.54 Å². The Morgan fingerprint density at radius 3 is 2.06 bits per heavy atom. The molecule has 2 rings (SSSR count). The molecule has 5 heteroatoms. The molecule has 0 fully saturated rings. The maximum atomic E-state index is 13.1. The van der Waals surface area contributed by atoms with Crippen molar-refractivity contribution in [1.82, 2.24) is 0 Å². The van der Waals surface area contributed by atoms with E-state index in [1.165, 1.54) is 0 Å². The molecule has 1 nitrogen and oxygen atoms in total. The number of hydrogen-bond acceptors (Lipinski definition) is 1. The van der Waals surface area contributed by atoms with Gasteiger partial charge in [-0.2, -0.15) is 0 Å². The minimum Gasteiger partial charge on any atom is -0.326 e. The van der Waals surface area contributed by atoms with Gasteiger partial charge < -0.3 is 5.73 Å². The standard InChI is InChI=1S/C13H10F3N.ClH/c14-11-5-9(6-12(15)13(11)16)10-4-2-1-3-8(10)7-17;/h1-6H,7,17H2;1H. The third kappa shape index (κ3) is 2.66. The van der Waals surface area contributed by atoms with Gasteiger partial charge >= 0.3 is 0 Å². The van der Waals surface area contributed by atoms with Crippen LogP contribution in [0.3, 0.4) is 0 Å². The molecule has 2 aromatic carbocycles. The van der Waals surface area contributed by atoms with E-state index in [2.05, 4.69) is 0 Å². The molecule has 0 radical (unpaired) electrons. The zero-order chi connectivity index (χ0) is 12.4. The van der Waals surface area contributed by atoms with E-state index in [0.29, 0.717) is 5.56 Å². The van der Waals surface area contributed by atoms with Gasteiger partial charge in [-0.3, -0.25) is 0 Å². The van der Waals surface area contributed by atoms with Crippen LogP contribution in [0.1, 0.15) is 5.56 Å². The summed E-state index contributed by atoms with van der Waals surface area (Å²) in [4.78, 5) is 0. The average Bonchev–Trinajstić information content (AvgIpc) is 2.35. The van der Waals surface area contributed by atoms with Gasteiger partial charge in [0.1, 0.15) is 0 Å². The maximum absolute atomic E-state index is 13.1. The molecule has 2 N–H and O–H groups in total. The van der Waals surface area contributed by atoms with Crippen molar-refractivity contribution < 1.29 is 13.2 Å². The van der Waals surface area contributed by atoms with Crippen molar-refractivity contribution >= 4 is 12.4 Å². The van der Waals surface area contributed by atoms with Crippen molar-refractivity contribution in [2.45, 2.75) is 6.54 Å². The van der Waals surface area contributed by atoms with E-state index in [4.69, 9.17) is 5.73 Å². The zero-order valence-corrected chi connectivity index (χ0v) is 10.1. The first kappa shape index (κ1) is 14.5. The summed E-state index contributed by atoms with van der Waals surface area (Å²) in [5, 5.41) is 0. The Balaban J connectivity index is 0.00000162. The van der Waals surface area contributed by atoms with Gasteiger partial charge in [-0.1, -0.05) is 24.3 Å². The van der Waals surface area contributed by atoms with E-state index in [9.17, 15) is 13.2 Å². The molecule has 2 aromatic rings. The lowest BCUT2D eigenvalue weighted by Crippen LogP contribution is -2.00. The summed E-state index contributed by atoms with van der Waals surface area (Å²) < 4.78 is 39.1. The van der Waals surface area contributed by atoms with Gasteiger partial charge in [0, 0.05) is 6.54 Å².